The molecule has 1 aromatic rings. The van der Waals surface area contributed by atoms with Crippen LogP contribution < -0.4 is 11.5 Å². The Morgan fingerprint density at radius 3 is 2.69 bits per heavy atom. The highest BCUT2D eigenvalue weighted by Gasteiger charge is 2.10. The molecule has 0 aromatic carbocycles. The van der Waals surface area contributed by atoms with Crippen molar-refractivity contribution in [1.29, 1.82) is 0 Å². The summed E-state index contributed by atoms with van der Waals surface area (Å²) in [6.45, 7) is 2.48. The van der Waals surface area contributed by atoms with E-state index in [9.17, 15) is 0 Å². The molecule has 0 aliphatic carbocycles. The van der Waals surface area contributed by atoms with Crippen LogP contribution in [0.3, 0.4) is 0 Å². The largest absolute Gasteiger partial charge is 0.394 e. The molecular weight excluding hydrogens is 168 g/mol. The van der Waals surface area contributed by atoms with Crippen molar-refractivity contribution in [3.63, 3.8) is 0 Å². The summed E-state index contributed by atoms with van der Waals surface area (Å²) in [5.41, 5.74) is 12.8. The molecule has 0 amide bonds. The minimum atomic E-state index is 0.0247. The molecule has 0 atom stereocenters. The summed E-state index contributed by atoms with van der Waals surface area (Å²) < 4.78 is 1.54. The van der Waals surface area contributed by atoms with E-state index < -0.39 is 0 Å². The minimum Gasteiger partial charge on any atom is -0.394 e. The number of nitrogens with two attached hydrogens (primary N) is 2. The van der Waals surface area contributed by atoms with Crippen molar-refractivity contribution in [2.75, 3.05) is 18.1 Å². The van der Waals surface area contributed by atoms with Gasteiger partial charge in [0.2, 0.25) is 0 Å². The predicted octanol–water partition coefficient (Wildman–Crippen LogP) is -0.00770. The molecule has 0 fully saturated rings. The summed E-state index contributed by atoms with van der Waals surface area (Å²) in [4.78, 5) is 0. The maximum Gasteiger partial charge on any atom is 0.145 e. The smallest absolute Gasteiger partial charge is 0.145 e. The van der Waals surface area contributed by atoms with Crippen molar-refractivity contribution in [2.24, 2.45) is 0 Å². The maximum atomic E-state index is 8.72. The molecule has 0 aliphatic heterocycles. The van der Waals surface area contributed by atoms with Crippen LogP contribution in [-0.2, 0) is 13.0 Å². The highest BCUT2D eigenvalue weighted by atomic mass is 16.3. The molecule has 5 heteroatoms. The molecule has 5 nitrogen and oxygen atoms in total. The molecule has 0 radical (unpaired) electrons. The molecule has 5 N–H and O–H groups in total. The van der Waals surface area contributed by atoms with E-state index in [4.69, 9.17) is 16.6 Å². The number of nitrogens with zero attached hydrogens (tertiary/aromatic N) is 2. The van der Waals surface area contributed by atoms with Gasteiger partial charge in [0.1, 0.15) is 5.82 Å². The van der Waals surface area contributed by atoms with Crippen LogP contribution in [0.15, 0.2) is 0 Å². The Bertz CT molecular complexity index is 255. The summed E-state index contributed by atoms with van der Waals surface area (Å²) in [6, 6.07) is 0. The first-order valence-electron chi connectivity index (χ1n) is 4.42. The molecule has 0 spiro atoms. The Hall–Kier alpha value is -1.23. The van der Waals surface area contributed by atoms with Crippen molar-refractivity contribution >= 4 is 11.5 Å². The number of aliphatic hydroxyl groups excluding tert-OH is 1. The highest BCUT2D eigenvalue weighted by molar-refractivity contribution is 5.62. The summed E-state index contributed by atoms with van der Waals surface area (Å²) in [5, 5.41) is 12.9. The van der Waals surface area contributed by atoms with Gasteiger partial charge in [0, 0.05) is 0 Å². The summed E-state index contributed by atoms with van der Waals surface area (Å²) in [5.74, 6) is 0.456. The fourth-order valence-electron chi connectivity index (χ4n) is 1.23. The number of rotatable bonds is 4. The zero-order valence-electron chi connectivity index (χ0n) is 7.82. The van der Waals surface area contributed by atoms with Crippen LogP contribution in [0.1, 0.15) is 19.0 Å². The van der Waals surface area contributed by atoms with Gasteiger partial charge in [-0.15, -0.1) is 0 Å². The molecule has 1 heterocycles. The third kappa shape index (κ3) is 1.92. The van der Waals surface area contributed by atoms with Crippen LogP contribution >= 0.6 is 0 Å². The van der Waals surface area contributed by atoms with E-state index in [1.165, 1.54) is 0 Å². The van der Waals surface area contributed by atoms with E-state index in [2.05, 4.69) is 12.0 Å². The number of hydrogen-bond acceptors (Lipinski definition) is 4. The van der Waals surface area contributed by atoms with Gasteiger partial charge in [-0.25, -0.2) is 4.68 Å². The predicted molar refractivity (Wildman–Crippen MR) is 52.1 cm³/mol. The molecule has 0 unspecified atom stereocenters. The second-order valence-corrected chi connectivity index (χ2v) is 2.94. The average Bonchev–Trinajstić information content (AvgIpc) is 2.36. The first-order chi connectivity index (χ1) is 6.20. The quantitative estimate of drug-likeness (QED) is 0.614. The van der Waals surface area contributed by atoms with Gasteiger partial charge in [-0.3, -0.25) is 0 Å². The van der Waals surface area contributed by atoms with Crippen LogP contribution in [0.4, 0.5) is 11.5 Å². The third-order valence-electron chi connectivity index (χ3n) is 1.90. The van der Waals surface area contributed by atoms with Crippen LogP contribution in [0.5, 0.6) is 0 Å². The Labute approximate surface area is 77.3 Å². The second-order valence-electron chi connectivity index (χ2n) is 2.94. The molecule has 0 bridgehead atoms. The molecule has 1 rings (SSSR count). The first kappa shape index (κ1) is 9.85. The van der Waals surface area contributed by atoms with E-state index in [0.717, 1.165) is 18.5 Å². The topological polar surface area (TPSA) is 90.1 Å². The minimum absolute atomic E-state index is 0.0247. The van der Waals surface area contributed by atoms with Gasteiger partial charge >= 0.3 is 0 Å². The van der Waals surface area contributed by atoms with Gasteiger partial charge in [0.05, 0.1) is 24.5 Å². The molecule has 0 saturated heterocycles. The number of nitrogen functional groups attached to an aromatic ring is 2. The second kappa shape index (κ2) is 4.13. The lowest BCUT2D eigenvalue weighted by Crippen LogP contribution is -2.08. The molecule has 13 heavy (non-hydrogen) atoms. The van der Waals surface area contributed by atoms with Gasteiger partial charge in [0.25, 0.3) is 0 Å². The maximum absolute atomic E-state index is 8.72. The summed E-state index contributed by atoms with van der Waals surface area (Å²) in [6.07, 6.45) is 1.81. The lowest BCUT2D eigenvalue weighted by Gasteiger charge is -1.99. The standard InChI is InChI=1S/C8H16N4O/c1-2-3-6-7(9)8(10)12(11-6)4-5-13/h13H,2-5,9-10H2,1H3. The van der Waals surface area contributed by atoms with Crippen LogP contribution in [0.25, 0.3) is 0 Å². The molecule has 74 valence electrons. The summed E-state index contributed by atoms with van der Waals surface area (Å²) >= 11 is 0. The van der Waals surface area contributed by atoms with Gasteiger partial charge in [-0.2, -0.15) is 5.10 Å². The van der Waals surface area contributed by atoms with E-state index in [0.29, 0.717) is 18.1 Å². The molecule has 1 aromatic heterocycles. The lowest BCUT2D eigenvalue weighted by molar-refractivity contribution is 0.270. The van der Waals surface area contributed by atoms with Gasteiger partial charge < -0.3 is 16.6 Å². The molecule has 0 saturated carbocycles. The van der Waals surface area contributed by atoms with Crippen molar-refractivity contribution in [3.8, 4) is 0 Å². The van der Waals surface area contributed by atoms with Crippen LogP contribution in [0.2, 0.25) is 0 Å². The Morgan fingerprint density at radius 1 is 1.46 bits per heavy atom. The Morgan fingerprint density at radius 2 is 2.15 bits per heavy atom. The zero-order valence-corrected chi connectivity index (χ0v) is 7.82. The van der Waals surface area contributed by atoms with E-state index >= 15 is 0 Å². The number of hydrogen-bond donors (Lipinski definition) is 3. The normalized spacial score (nSPS) is 10.6. The van der Waals surface area contributed by atoms with Gasteiger partial charge in [0.15, 0.2) is 0 Å². The first-order valence-corrected chi connectivity index (χ1v) is 4.42. The van der Waals surface area contributed by atoms with Crippen LogP contribution in [0, 0.1) is 0 Å². The highest BCUT2D eigenvalue weighted by Crippen LogP contribution is 2.20. The van der Waals surface area contributed by atoms with Crippen molar-refractivity contribution in [1.82, 2.24) is 9.78 Å². The fourth-order valence-corrected chi connectivity index (χ4v) is 1.23. The Kier molecular flexibility index (Phi) is 3.13. The van der Waals surface area contributed by atoms with E-state index in [-0.39, 0.29) is 6.61 Å². The van der Waals surface area contributed by atoms with E-state index in [1.807, 2.05) is 0 Å². The van der Waals surface area contributed by atoms with Gasteiger partial charge in [-0.05, 0) is 6.42 Å². The van der Waals surface area contributed by atoms with Crippen molar-refractivity contribution in [2.45, 2.75) is 26.3 Å². The number of aromatic nitrogens is 2. The van der Waals surface area contributed by atoms with Crippen molar-refractivity contribution in [3.05, 3.63) is 5.69 Å². The average molecular weight is 184 g/mol. The summed E-state index contributed by atoms with van der Waals surface area (Å²) in [7, 11) is 0. The monoisotopic (exact) mass is 184 g/mol. The zero-order chi connectivity index (χ0) is 9.84. The number of aliphatic hydroxyl groups is 1. The van der Waals surface area contributed by atoms with Crippen LogP contribution in [-0.4, -0.2) is 21.5 Å². The lowest BCUT2D eigenvalue weighted by atomic mass is 10.2. The molecular formula is C8H16N4O. The third-order valence-corrected chi connectivity index (χ3v) is 1.90. The van der Waals surface area contributed by atoms with Crippen molar-refractivity contribution < 1.29 is 5.11 Å². The molecule has 0 aliphatic rings. The Balaban J connectivity index is 2.90. The fraction of sp³-hybridized carbons (Fsp3) is 0.625. The van der Waals surface area contributed by atoms with Gasteiger partial charge in [-0.1, -0.05) is 13.3 Å². The SMILES string of the molecule is CCCc1nn(CCO)c(N)c1N. The number of aryl methyl sites for hydroxylation is 1. The van der Waals surface area contributed by atoms with E-state index in [1.54, 1.807) is 4.68 Å². The number of anilines is 2.